The Kier molecular flexibility index (Phi) is 5.95. The van der Waals surface area contributed by atoms with Crippen LogP contribution in [0, 0.1) is 0 Å². The zero-order valence-corrected chi connectivity index (χ0v) is 15.0. The van der Waals surface area contributed by atoms with E-state index >= 15 is 0 Å². The van der Waals surface area contributed by atoms with Crippen LogP contribution in [0.2, 0.25) is 5.02 Å². The number of aryl methyl sites for hydroxylation is 1. The van der Waals surface area contributed by atoms with Crippen molar-refractivity contribution in [2.75, 3.05) is 26.8 Å². The lowest BCUT2D eigenvalue weighted by Crippen LogP contribution is -2.42. The maximum absolute atomic E-state index is 12.6. The summed E-state index contributed by atoms with van der Waals surface area (Å²) in [6.45, 7) is 1.71. The third-order valence-corrected chi connectivity index (χ3v) is 4.80. The summed E-state index contributed by atoms with van der Waals surface area (Å²) < 4.78 is 11.0. The number of halogens is 1. The second kappa shape index (κ2) is 8.37. The van der Waals surface area contributed by atoms with E-state index in [0.717, 1.165) is 23.3 Å². The molecule has 132 valence electrons. The Morgan fingerprint density at radius 1 is 1.24 bits per heavy atom. The number of amides is 1. The minimum Gasteiger partial charge on any atom is -0.497 e. The van der Waals surface area contributed by atoms with Gasteiger partial charge >= 0.3 is 0 Å². The summed E-state index contributed by atoms with van der Waals surface area (Å²) in [4.78, 5) is 14.4. The van der Waals surface area contributed by atoms with Gasteiger partial charge in [0.25, 0.3) is 0 Å². The van der Waals surface area contributed by atoms with Crippen molar-refractivity contribution in [1.29, 1.82) is 0 Å². The lowest BCUT2D eigenvalue weighted by molar-refractivity contribution is -0.139. The van der Waals surface area contributed by atoms with Gasteiger partial charge < -0.3 is 14.4 Å². The Hall–Kier alpha value is -2.04. The molecule has 0 aliphatic carbocycles. The number of hydrogen-bond acceptors (Lipinski definition) is 3. The van der Waals surface area contributed by atoms with E-state index in [9.17, 15) is 4.79 Å². The maximum Gasteiger partial charge on any atom is 0.223 e. The molecule has 1 aliphatic rings. The van der Waals surface area contributed by atoms with E-state index in [2.05, 4.69) is 0 Å². The summed E-state index contributed by atoms with van der Waals surface area (Å²) in [7, 11) is 1.65. The summed E-state index contributed by atoms with van der Waals surface area (Å²) in [6, 6.07) is 15.5. The van der Waals surface area contributed by atoms with Crippen molar-refractivity contribution in [3.05, 3.63) is 64.7 Å². The Balaban J connectivity index is 1.57. The van der Waals surface area contributed by atoms with Gasteiger partial charge in [0.15, 0.2) is 0 Å². The Morgan fingerprint density at radius 2 is 2.00 bits per heavy atom. The van der Waals surface area contributed by atoms with Crippen molar-refractivity contribution in [2.24, 2.45) is 0 Å². The van der Waals surface area contributed by atoms with Gasteiger partial charge in [-0.1, -0.05) is 41.9 Å². The number of rotatable bonds is 5. The van der Waals surface area contributed by atoms with E-state index in [1.807, 2.05) is 53.4 Å². The first-order chi connectivity index (χ1) is 12.2. The van der Waals surface area contributed by atoms with Gasteiger partial charge in [-0.25, -0.2) is 0 Å². The fourth-order valence-corrected chi connectivity index (χ4v) is 3.26. The quantitative estimate of drug-likeness (QED) is 0.813. The second-order valence-corrected chi connectivity index (χ2v) is 6.48. The van der Waals surface area contributed by atoms with Gasteiger partial charge in [0.1, 0.15) is 11.9 Å². The molecule has 5 heteroatoms. The van der Waals surface area contributed by atoms with E-state index in [1.54, 1.807) is 7.11 Å². The molecule has 0 bridgehead atoms. The van der Waals surface area contributed by atoms with Gasteiger partial charge in [-0.05, 0) is 30.2 Å². The summed E-state index contributed by atoms with van der Waals surface area (Å²) in [5, 5.41) is 0.681. The topological polar surface area (TPSA) is 38.8 Å². The molecule has 4 nitrogen and oxygen atoms in total. The molecule has 1 saturated heterocycles. The first-order valence-electron chi connectivity index (χ1n) is 8.44. The van der Waals surface area contributed by atoms with Gasteiger partial charge in [0.2, 0.25) is 5.91 Å². The standard InChI is InChI=1S/C20H22ClNO3/c1-24-16-9-6-15(7-10-16)8-11-20(23)22-12-13-25-19(14-22)17-4-2-3-5-18(17)21/h2-7,9-10,19H,8,11-14H2,1H3. The molecule has 0 radical (unpaired) electrons. The number of methoxy groups -OCH3 is 1. The smallest absolute Gasteiger partial charge is 0.223 e. The third kappa shape index (κ3) is 4.53. The number of ether oxygens (including phenoxy) is 2. The molecule has 1 aliphatic heterocycles. The summed E-state index contributed by atoms with van der Waals surface area (Å²) in [5.41, 5.74) is 2.07. The molecule has 3 rings (SSSR count). The highest BCUT2D eigenvalue weighted by Gasteiger charge is 2.26. The number of hydrogen-bond donors (Lipinski definition) is 0. The van der Waals surface area contributed by atoms with Crippen molar-refractivity contribution in [2.45, 2.75) is 18.9 Å². The fourth-order valence-electron chi connectivity index (χ4n) is 3.00. The number of morpholine rings is 1. The van der Waals surface area contributed by atoms with E-state index in [1.165, 1.54) is 0 Å². The van der Waals surface area contributed by atoms with Gasteiger partial charge in [-0.2, -0.15) is 0 Å². The SMILES string of the molecule is COc1ccc(CCC(=O)N2CCOC(c3ccccc3Cl)C2)cc1. The van der Waals surface area contributed by atoms with Gasteiger partial charge in [0.05, 0.1) is 20.3 Å². The highest BCUT2D eigenvalue weighted by Crippen LogP contribution is 2.28. The van der Waals surface area contributed by atoms with Gasteiger partial charge in [0, 0.05) is 23.6 Å². The molecule has 2 aromatic rings. The first kappa shape index (κ1) is 17.8. The van der Waals surface area contributed by atoms with Crippen LogP contribution >= 0.6 is 11.6 Å². The first-order valence-corrected chi connectivity index (χ1v) is 8.82. The van der Waals surface area contributed by atoms with Crippen molar-refractivity contribution in [3.63, 3.8) is 0 Å². The van der Waals surface area contributed by atoms with Crippen LogP contribution in [0.15, 0.2) is 48.5 Å². The highest BCUT2D eigenvalue weighted by atomic mass is 35.5. The van der Waals surface area contributed by atoms with Crippen molar-refractivity contribution >= 4 is 17.5 Å². The van der Waals surface area contributed by atoms with Crippen LogP contribution in [0.3, 0.4) is 0 Å². The maximum atomic E-state index is 12.6. The number of carbonyl (C=O) groups is 1. The number of nitrogens with zero attached hydrogens (tertiary/aromatic N) is 1. The predicted octanol–water partition coefficient (Wildman–Crippen LogP) is 3.88. The molecule has 2 aromatic carbocycles. The summed E-state index contributed by atoms with van der Waals surface area (Å²) in [6.07, 6.45) is 1.05. The van der Waals surface area contributed by atoms with Crippen LogP contribution in [-0.4, -0.2) is 37.6 Å². The highest BCUT2D eigenvalue weighted by molar-refractivity contribution is 6.31. The zero-order valence-electron chi connectivity index (χ0n) is 14.3. The Bertz CT molecular complexity index is 717. The molecule has 1 amide bonds. The van der Waals surface area contributed by atoms with Crippen LogP contribution in [0.4, 0.5) is 0 Å². The second-order valence-electron chi connectivity index (χ2n) is 6.07. The number of benzene rings is 2. The Morgan fingerprint density at radius 3 is 2.72 bits per heavy atom. The Labute approximate surface area is 153 Å². The summed E-state index contributed by atoms with van der Waals surface area (Å²) in [5.74, 6) is 0.974. The van der Waals surface area contributed by atoms with Crippen LogP contribution in [-0.2, 0) is 16.0 Å². The average molecular weight is 360 g/mol. The normalized spacial score (nSPS) is 17.4. The van der Waals surface area contributed by atoms with Gasteiger partial charge in [-0.3, -0.25) is 4.79 Å². The van der Waals surface area contributed by atoms with E-state index in [4.69, 9.17) is 21.1 Å². The molecule has 25 heavy (non-hydrogen) atoms. The largest absolute Gasteiger partial charge is 0.497 e. The van der Waals surface area contributed by atoms with Crippen molar-refractivity contribution in [3.8, 4) is 5.75 Å². The lowest BCUT2D eigenvalue weighted by Gasteiger charge is -2.33. The predicted molar refractivity (Wildman–Crippen MR) is 98.0 cm³/mol. The molecule has 0 saturated carbocycles. The third-order valence-electron chi connectivity index (χ3n) is 4.46. The molecule has 0 N–H and O–H groups in total. The van der Waals surface area contributed by atoms with Crippen molar-refractivity contribution in [1.82, 2.24) is 4.90 Å². The number of carbonyl (C=O) groups excluding carboxylic acids is 1. The molecule has 1 atom stereocenters. The molecular formula is C20H22ClNO3. The zero-order chi connectivity index (χ0) is 17.6. The van der Waals surface area contributed by atoms with Crippen LogP contribution in [0.25, 0.3) is 0 Å². The van der Waals surface area contributed by atoms with Crippen LogP contribution in [0.1, 0.15) is 23.7 Å². The van der Waals surface area contributed by atoms with E-state index in [-0.39, 0.29) is 12.0 Å². The average Bonchev–Trinajstić information content (AvgIpc) is 2.67. The van der Waals surface area contributed by atoms with Gasteiger partial charge in [-0.15, -0.1) is 0 Å². The molecule has 1 fully saturated rings. The summed E-state index contributed by atoms with van der Waals surface area (Å²) >= 11 is 6.26. The monoisotopic (exact) mass is 359 g/mol. The van der Waals surface area contributed by atoms with E-state index in [0.29, 0.717) is 31.1 Å². The fraction of sp³-hybridized carbons (Fsp3) is 0.350. The van der Waals surface area contributed by atoms with E-state index < -0.39 is 0 Å². The minimum atomic E-state index is -0.160. The van der Waals surface area contributed by atoms with Crippen molar-refractivity contribution < 1.29 is 14.3 Å². The molecular weight excluding hydrogens is 338 g/mol. The lowest BCUT2D eigenvalue weighted by atomic mass is 10.1. The molecule has 1 heterocycles. The molecule has 0 aromatic heterocycles. The van der Waals surface area contributed by atoms with Crippen LogP contribution in [0.5, 0.6) is 5.75 Å². The van der Waals surface area contributed by atoms with Crippen LogP contribution < -0.4 is 4.74 Å². The minimum absolute atomic E-state index is 0.149. The molecule has 1 unspecified atom stereocenters. The molecule has 0 spiro atoms.